The highest BCUT2D eigenvalue weighted by Crippen LogP contribution is 2.20. The Kier molecular flexibility index (Phi) is 4.12. The van der Waals surface area contributed by atoms with Crippen LogP contribution < -0.4 is 5.73 Å². The monoisotopic (exact) mass is 245 g/mol. The highest BCUT2D eigenvalue weighted by Gasteiger charge is 1.99. The number of aryl methyl sites for hydroxylation is 1. The van der Waals surface area contributed by atoms with Gasteiger partial charge in [-0.15, -0.1) is 11.8 Å². The lowest BCUT2D eigenvalue weighted by atomic mass is 10.2. The Balaban J connectivity index is 1.97. The molecule has 4 heteroatoms. The van der Waals surface area contributed by atoms with Crippen LogP contribution in [-0.2, 0) is 12.3 Å². The molecule has 2 aromatic rings. The van der Waals surface area contributed by atoms with E-state index < -0.39 is 0 Å². The molecule has 88 valence electrons. The molecule has 0 aliphatic rings. The fraction of sp³-hybridized carbons (Fsp3) is 0.231. The molecule has 1 aromatic heterocycles. The number of hydrogen-bond donors (Lipinski definition) is 1. The molecule has 17 heavy (non-hydrogen) atoms. The molecule has 0 spiro atoms. The normalized spacial score (nSPS) is 10.5. The molecular formula is C13H15N3S. The predicted molar refractivity (Wildman–Crippen MR) is 70.7 cm³/mol. The van der Waals surface area contributed by atoms with Gasteiger partial charge < -0.3 is 5.73 Å². The average molecular weight is 245 g/mol. The first kappa shape index (κ1) is 12.1. The number of rotatable bonds is 4. The molecule has 2 rings (SSSR count). The summed E-state index contributed by atoms with van der Waals surface area (Å²) in [5, 5.41) is 0.934. The van der Waals surface area contributed by atoms with Crippen LogP contribution in [0.2, 0.25) is 0 Å². The van der Waals surface area contributed by atoms with Crippen molar-refractivity contribution in [1.29, 1.82) is 0 Å². The van der Waals surface area contributed by atoms with Gasteiger partial charge in [0.15, 0.2) is 0 Å². The van der Waals surface area contributed by atoms with Crippen LogP contribution in [-0.4, -0.2) is 9.97 Å². The van der Waals surface area contributed by atoms with Crippen molar-refractivity contribution in [2.24, 2.45) is 5.73 Å². The molecule has 0 atom stereocenters. The summed E-state index contributed by atoms with van der Waals surface area (Å²) in [6.07, 6.45) is 3.52. The summed E-state index contributed by atoms with van der Waals surface area (Å²) in [6, 6.07) is 8.49. The summed E-state index contributed by atoms with van der Waals surface area (Å²) >= 11 is 1.69. The SMILES string of the molecule is Cc1cccc(CSc2cnc(CN)cn2)c1. The Morgan fingerprint density at radius 1 is 1.24 bits per heavy atom. The van der Waals surface area contributed by atoms with Crippen molar-refractivity contribution >= 4 is 11.8 Å². The fourth-order valence-corrected chi connectivity index (χ4v) is 2.23. The van der Waals surface area contributed by atoms with Gasteiger partial charge in [0.1, 0.15) is 5.03 Å². The summed E-state index contributed by atoms with van der Waals surface area (Å²) in [6.45, 7) is 2.54. The molecule has 0 amide bonds. The van der Waals surface area contributed by atoms with Crippen molar-refractivity contribution in [2.75, 3.05) is 0 Å². The molecule has 0 saturated heterocycles. The maximum Gasteiger partial charge on any atom is 0.115 e. The number of nitrogens with two attached hydrogens (primary N) is 1. The summed E-state index contributed by atoms with van der Waals surface area (Å²) in [7, 11) is 0. The zero-order valence-electron chi connectivity index (χ0n) is 9.76. The van der Waals surface area contributed by atoms with Gasteiger partial charge in [-0.25, -0.2) is 4.98 Å². The minimum Gasteiger partial charge on any atom is -0.325 e. The third-order valence-electron chi connectivity index (χ3n) is 2.36. The van der Waals surface area contributed by atoms with Gasteiger partial charge in [0.25, 0.3) is 0 Å². The lowest BCUT2D eigenvalue weighted by Crippen LogP contribution is -2.00. The molecular weight excluding hydrogens is 230 g/mol. The van der Waals surface area contributed by atoms with Crippen LogP contribution in [0.3, 0.4) is 0 Å². The molecule has 2 N–H and O–H groups in total. The molecule has 0 bridgehead atoms. The minimum atomic E-state index is 0.440. The van der Waals surface area contributed by atoms with Crippen LogP contribution in [0.25, 0.3) is 0 Å². The quantitative estimate of drug-likeness (QED) is 0.841. The van der Waals surface area contributed by atoms with Gasteiger partial charge in [-0.05, 0) is 12.5 Å². The lowest BCUT2D eigenvalue weighted by Gasteiger charge is -2.02. The second kappa shape index (κ2) is 5.80. The van der Waals surface area contributed by atoms with Gasteiger partial charge in [0, 0.05) is 12.3 Å². The van der Waals surface area contributed by atoms with Gasteiger partial charge in [0.2, 0.25) is 0 Å². The molecule has 0 aliphatic carbocycles. The van der Waals surface area contributed by atoms with Crippen LogP contribution >= 0.6 is 11.8 Å². The van der Waals surface area contributed by atoms with E-state index in [4.69, 9.17) is 5.73 Å². The standard InChI is InChI=1S/C13H15N3S/c1-10-3-2-4-11(5-10)9-17-13-8-15-12(6-14)7-16-13/h2-5,7-8H,6,9,14H2,1H3. The predicted octanol–water partition coefficient (Wildman–Crippen LogP) is 2.54. The van der Waals surface area contributed by atoms with E-state index in [2.05, 4.69) is 41.2 Å². The van der Waals surface area contributed by atoms with Crippen LogP contribution in [0.1, 0.15) is 16.8 Å². The largest absolute Gasteiger partial charge is 0.325 e. The van der Waals surface area contributed by atoms with E-state index in [1.165, 1.54) is 11.1 Å². The van der Waals surface area contributed by atoms with Gasteiger partial charge in [-0.2, -0.15) is 0 Å². The number of thioether (sulfide) groups is 1. The topological polar surface area (TPSA) is 51.8 Å². The number of aromatic nitrogens is 2. The highest BCUT2D eigenvalue weighted by atomic mass is 32.2. The van der Waals surface area contributed by atoms with Crippen LogP contribution in [0.4, 0.5) is 0 Å². The first-order valence-corrected chi connectivity index (χ1v) is 6.46. The van der Waals surface area contributed by atoms with Crippen LogP contribution in [0.5, 0.6) is 0 Å². The fourth-order valence-electron chi connectivity index (χ4n) is 1.48. The van der Waals surface area contributed by atoms with Crippen LogP contribution in [0, 0.1) is 6.92 Å². The van der Waals surface area contributed by atoms with E-state index in [1.54, 1.807) is 24.2 Å². The third kappa shape index (κ3) is 3.54. The van der Waals surface area contributed by atoms with Gasteiger partial charge in [-0.1, -0.05) is 29.8 Å². The van der Waals surface area contributed by atoms with Crippen molar-refractivity contribution in [2.45, 2.75) is 24.2 Å². The van der Waals surface area contributed by atoms with Crippen molar-refractivity contribution in [1.82, 2.24) is 9.97 Å². The van der Waals surface area contributed by atoms with Gasteiger partial charge >= 0.3 is 0 Å². The Labute approximate surface area is 105 Å². The lowest BCUT2D eigenvalue weighted by molar-refractivity contribution is 0.923. The summed E-state index contributed by atoms with van der Waals surface area (Å²) in [5.74, 6) is 0.915. The van der Waals surface area contributed by atoms with Gasteiger partial charge in [-0.3, -0.25) is 4.98 Å². The Hall–Kier alpha value is -1.39. The maximum atomic E-state index is 5.47. The molecule has 1 heterocycles. The molecule has 0 radical (unpaired) electrons. The van der Waals surface area contributed by atoms with E-state index in [0.29, 0.717) is 6.54 Å². The van der Waals surface area contributed by atoms with Crippen molar-refractivity contribution < 1.29 is 0 Å². The zero-order valence-corrected chi connectivity index (χ0v) is 10.6. The van der Waals surface area contributed by atoms with Crippen LogP contribution in [0.15, 0.2) is 41.7 Å². The van der Waals surface area contributed by atoms with E-state index in [1.807, 2.05) is 0 Å². The second-order valence-electron chi connectivity index (χ2n) is 3.83. The molecule has 1 aromatic carbocycles. The van der Waals surface area contributed by atoms with Gasteiger partial charge in [0.05, 0.1) is 18.1 Å². The Morgan fingerprint density at radius 3 is 2.76 bits per heavy atom. The minimum absolute atomic E-state index is 0.440. The number of hydrogen-bond acceptors (Lipinski definition) is 4. The Morgan fingerprint density at radius 2 is 2.12 bits per heavy atom. The molecule has 0 aliphatic heterocycles. The maximum absolute atomic E-state index is 5.47. The average Bonchev–Trinajstić information content (AvgIpc) is 2.37. The number of benzene rings is 1. The molecule has 0 fully saturated rings. The summed E-state index contributed by atoms with van der Waals surface area (Å²) in [4.78, 5) is 8.53. The zero-order chi connectivity index (χ0) is 12.1. The van der Waals surface area contributed by atoms with E-state index in [0.717, 1.165) is 16.5 Å². The van der Waals surface area contributed by atoms with E-state index >= 15 is 0 Å². The smallest absolute Gasteiger partial charge is 0.115 e. The van der Waals surface area contributed by atoms with E-state index in [9.17, 15) is 0 Å². The molecule has 0 saturated carbocycles. The summed E-state index contributed by atoms with van der Waals surface area (Å²) < 4.78 is 0. The molecule has 3 nitrogen and oxygen atoms in total. The first-order valence-electron chi connectivity index (χ1n) is 5.47. The summed E-state index contributed by atoms with van der Waals surface area (Å²) in [5.41, 5.74) is 8.89. The number of nitrogens with zero attached hydrogens (tertiary/aromatic N) is 2. The molecule has 0 unspecified atom stereocenters. The first-order chi connectivity index (χ1) is 8.28. The van der Waals surface area contributed by atoms with E-state index in [-0.39, 0.29) is 0 Å². The van der Waals surface area contributed by atoms with Crippen molar-refractivity contribution in [3.8, 4) is 0 Å². The van der Waals surface area contributed by atoms with Crippen molar-refractivity contribution in [3.63, 3.8) is 0 Å². The third-order valence-corrected chi connectivity index (χ3v) is 3.34. The second-order valence-corrected chi connectivity index (χ2v) is 4.82. The highest BCUT2D eigenvalue weighted by molar-refractivity contribution is 7.98. The van der Waals surface area contributed by atoms with Crippen molar-refractivity contribution in [3.05, 3.63) is 53.5 Å². The Bertz CT molecular complexity index is 482.